The third-order valence-electron chi connectivity index (χ3n) is 6.94. The molecule has 3 aromatic rings. The number of hydrogen-bond donors (Lipinski definition) is 0. The lowest BCUT2D eigenvalue weighted by molar-refractivity contribution is -0.385. The number of imide groups is 1. The van der Waals surface area contributed by atoms with Crippen molar-refractivity contribution >= 4 is 34.8 Å². The van der Waals surface area contributed by atoms with Crippen LogP contribution in [0.3, 0.4) is 0 Å². The number of hydrogen-bond acceptors (Lipinski definition) is 7. The summed E-state index contributed by atoms with van der Waals surface area (Å²) in [5.41, 5.74) is -1.68. The zero-order valence-corrected chi connectivity index (χ0v) is 18.0. The van der Waals surface area contributed by atoms with E-state index in [1.165, 1.54) is 36.4 Å². The summed E-state index contributed by atoms with van der Waals surface area (Å²) in [6, 6.07) is 19.9. The smallest absolute Gasteiger partial charge is 0.269 e. The average molecular weight is 468 g/mol. The van der Waals surface area contributed by atoms with Gasteiger partial charge in [-0.05, 0) is 17.7 Å². The number of ether oxygens (including phenoxy) is 1. The van der Waals surface area contributed by atoms with E-state index in [2.05, 4.69) is 0 Å². The number of amides is 2. The van der Waals surface area contributed by atoms with E-state index in [1.54, 1.807) is 42.5 Å². The van der Waals surface area contributed by atoms with E-state index in [9.17, 15) is 29.3 Å². The van der Waals surface area contributed by atoms with Gasteiger partial charge >= 0.3 is 0 Å². The Morgan fingerprint density at radius 3 is 2.06 bits per heavy atom. The maximum Gasteiger partial charge on any atom is 0.269 e. The molecule has 9 nitrogen and oxygen atoms in total. The minimum Gasteiger partial charge on any atom is -0.349 e. The molecule has 0 aromatic heterocycles. The Kier molecular flexibility index (Phi) is 4.36. The molecule has 0 N–H and O–H groups in total. The summed E-state index contributed by atoms with van der Waals surface area (Å²) >= 11 is 0. The Balaban J connectivity index is 1.55. The molecule has 35 heavy (non-hydrogen) atoms. The highest BCUT2D eigenvalue weighted by Crippen LogP contribution is 2.57. The first-order valence-electron chi connectivity index (χ1n) is 10.9. The van der Waals surface area contributed by atoms with Crippen LogP contribution < -0.4 is 4.90 Å². The van der Waals surface area contributed by atoms with Crippen LogP contribution in [-0.4, -0.2) is 33.9 Å². The largest absolute Gasteiger partial charge is 0.349 e. The first kappa shape index (κ1) is 21.1. The van der Waals surface area contributed by atoms with Gasteiger partial charge in [0.15, 0.2) is 0 Å². The molecule has 0 radical (unpaired) electrons. The molecule has 9 heteroatoms. The van der Waals surface area contributed by atoms with E-state index in [-0.39, 0.29) is 22.4 Å². The number of carbonyl (C=O) groups is 4. The monoisotopic (exact) mass is 468 g/mol. The van der Waals surface area contributed by atoms with Crippen molar-refractivity contribution in [1.82, 2.24) is 0 Å². The quantitative estimate of drug-likeness (QED) is 0.250. The number of rotatable bonds is 3. The Morgan fingerprint density at radius 2 is 1.43 bits per heavy atom. The number of para-hydroxylation sites is 1. The van der Waals surface area contributed by atoms with E-state index in [0.29, 0.717) is 5.69 Å². The van der Waals surface area contributed by atoms with Crippen molar-refractivity contribution in [2.45, 2.75) is 11.7 Å². The highest BCUT2D eigenvalue weighted by molar-refractivity contribution is 6.37. The molecular weight excluding hydrogens is 452 g/mol. The van der Waals surface area contributed by atoms with E-state index in [0.717, 1.165) is 4.90 Å². The number of non-ortho nitro benzene ring substituents is 1. The van der Waals surface area contributed by atoms with Crippen LogP contribution in [0.2, 0.25) is 0 Å². The fraction of sp³-hybridized carbons (Fsp3) is 0.154. The van der Waals surface area contributed by atoms with Crippen LogP contribution in [0, 0.1) is 22.0 Å². The van der Waals surface area contributed by atoms with Crippen LogP contribution in [0.1, 0.15) is 32.4 Å². The fourth-order valence-electron chi connectivity index (χ4n) is 5.46. The number of benzene rings is 3. The summed E-state index contributed by atoms with van der Waals surface area (Å²) in [7, 11) is 0. The molecule has 2 fully saturated rings. The summed E-state index contributed by atoms with van der Waals surface area (Å²) in [5.74, 6) is -5.34. The molecule has 1 spiro atoms. The lowest BCUT2D eigenvalue weighted by Crippen LogP contribution is -2.51. The molecule has 172 valence electrons. The Hall–Kier alpha value is -4.50. The molecule has 2 amide bonds. The van der Waals surface area contributed by atoms with Gasteiger partial charge in [0.1, 0.15) is 0 Å². The van der Waals surface area contributed by atoms with Crippen molar-refractivity contribution in [3.8, 4) is 0 Å². The van der Waals surface area contributed by atoms with E-state index in [4.69, 9.17) is 4.74 Å². The molecule has 2 saturated heterocycles. The number of nitro groups is 1. The van der Waals surface area contributed by atoms with Crippen LogP contribution in [0.5, 0.6) is 0 Å². The van der Waals surface area contributed by atoms with Gasteiger partial charge < -0.3 is 4.74 Å². The first-order valence-corrected chi connectivity index (χ1v) is 10.9. The molecule has 2 aliphatic heterocycles. The van der Waals surface area contributed by atoms with Crippen LogP contribution in [-0.2, 0) is 14.3 Å². The van der Waals surface area contributed by atoms with Gasteiger partial charge in [-0.25, -0.2) is 4.90 Å². The summed E-state index contributed by atoms with van der Waals surface area (Å²) in [6.45, 7) is 0. The molecule has 0 bridgehead atoms. The zero-order valence-electron chi connectivity index (χ0n) is 18.0. The number of anilines is 1. The summed E-state index contributed by atoms with van der Waals surface area (Å²) in [6.07, 6.45) is -1.22. The van der Waals surface area contributed by atoms with Gasteiger partial charge in [0.05, 0.1) is 28.6 Å². The van der Waals surface area contributed by atoms with Gasteiger partial charge in [-0.3, -0.25) is 29.3 Å². The second-order valence-electron chi connectivity index (χ2n) is 8.68. The third-order valence-corrected chi connectivity index (χ3v) is 6.94. The topological polar surface area (TPSA) is 124 Å². The number of Topliss-reactive ketones (excluding diaryl/α,β-unsaturated/α-hetero) is 2. The van der Waals surface area contributed by atoms with Gasteiger partial charge in [-0.1, -0.05) is 54.6 Å². The second-order valence-corrected chi connectivity index (χ2v) is 8.68. The Morgan fingerprint density at radius 1 is 0.800 bits per heavy atom. The van der Waals surface area contributed by atoms with Gasteiger partial charge in [0.25, 0.3) is 5.69 Å². The second kappa shape index (κ2) is 7.25. The molecule has 2 heterocycles. The fourth-order valence-corrected chi connectivity index (χ4v) is 5.46. The highest BCUT2D eigenvalue weighted by atomic mass is 16.6. The SMILES string of the molecule is O=C1C2C(c3cccc([N+](=O)[O-])c3)OC3(C(=O)c4ccccc4C3=O)C2C(=O)N1c1ccccc1. The molecule has 6 rings (SSSR count). The number of fused-ring (bicyclic) bond motifs is 3. The lowest BCUT2D eigenvalue weighted by Gasteiger charge is -2.27. The minimum absolute atomic E-state index is 0.120. The van der Waals surface area contributed by atoms with Crippen molar-refractivity contribution in [2.75, 3.05) is 4.90 Å². The maximum atomic E-state index is 13.8. The highest BCUT2D eigenvalue weighted by Gasteiger charge is 2.74. The lowest BCUT2D eigenvalue weighted by atomic mass is 9.77. The van der Waals surface area contributed by atoms with Gasteiger partial charge in [-0.2, -0.15) is 0 Å². The standard InChI is InChI=1S/C26H16N2O7/c29-22-17-11-4-5-12-18(17)23(30)26(22)20-19(21(35-26)14-7-6-10-16(13-14)28(33)34)24(31)27(25(20)32)15-8-2-1-3-9-15/h1-13,19-21H. The predicted molar refractivity (Wildman–Crippen MR) is 121 cm³/mol. The number of nitrogens with zero attached hydrogens (tertiary/aromatic N) is 2. The van der Waals surface area contributed by atoms with Crippen molar-refractivity contribution in [2.24, 2.45) is 11.8 Å². The summed E-state index contributed by atoms with van der Waals surface area (Å²) < 4.78 is 6.14. The normalized spacial score (nSPS) is 24.2. The van der Waals surface area contributed by atoms with Gasteiger partial charge in [0, 0.05) is 23.3 Å². The van der Waals surface area contributed by atoms with E-state index >= 15 is 0 Å². The Bertz CT molecular complexity index is 1430. The Labute approximate surface area is 198 Å². The van der Waals surface area contributed by atoms with Crippen molar-refractivity contribution in [1.29, 1.82) is 0 Å². The summed E-state index contributed by atoms with van der Waals surface area (Å²) in [5, 5.41) is 11.4. The van der Waals surface area contributed by atoms with Crippen molar-refractivity contribution in [3.63, 3.8) is 0 Å². The van der Waals surface area contributed by atoms with Crippen molar-refractivity contribution in [3.05, 3.63) is 106 Å². The van der Waals surface area contributed by atoms with Gasteiger partial charge in [0.2, 0.25) is 29.0 Å². The maximum absolute atomic E-state index is 13.8. The molecule has 0 saturated carbocycles. The molecule has 1 aliphatic carbocycles. The molecule has 3 aromatic carbocycles. The predicted octanol–water partition coefficient (Wildman–Crippen LogP) is 3.29. The van der Waals surface area contributed by atoms with Crippen LogP contribution >= 0.6 is 0 Å². The number of carbonyl (C=O) groups excluding carboxylic acids is 4. The van der Waals surface area contributed by atoms with Crippen LogP contribution in [0.15, 0.2) is 78.9 Å². The average Bonchev–Trinajstić information content (AvgIpc) is 3.44. The van der Waals surface area contributed by atoms with Gasteiger partial charge in [-0.15, -0.1) is 0 Å². The molecule has 3 aliphatic rings. The zero-order chi connectivity index (χ0) is 24.5. The number of ketones is 2. The molecule has 3 atom stereocenters. The van der Waals surface area contributed by atoms with E-state index < -0.39 is 51.8 Å². The molecular formula is C26H16N2O7. The summed E-state index contributed by atoms with van der Waals surface area (Å²) in [4.78, 5) is 66.6. The van der Waals surface area contributed by atoms with Crippen molar-refractivity contribution < 1.29 is 28.8 Å². The first-order chi connectivity index (χ1) is 16.9. The van der Waals surface area contributed by atoms with E-state index in [1.807, 2.05) is 0 Å². The number of nitro benzene ring substituents is 1. The minimum atomic E-state index is -2.22. The third kappa shape index (κ3) is 2.66. The molecule has 3 unspecified atom stereocenters. The van der Waals surface area contributed by atoms with Crippen LogP contribution in [0.4, 0.5) is 11.4 Å². The van der Waals surface area contributed by atoms with Crippen LogP contribution in [0.25, 0.3) is 0 Å².